The highest BCUT2D eigenvalue weighted by molar-refractivity contribution is 5.81. The van der Waals surface area contributed by atoms with Crippen LogP contribution < -0.4 is 0 Å². The Morgan fingerprint density at radius 3 is 2.61 bits per heavy atom. The van der Waals surface area contributed by atoms with Gasteiger partial charge in [-0.2, -0.15) is 0 Å². The molecule has 0 amide bonds. The van der Waals surface area contributed by atoms with Crippen LogP contribution in [0.25, 0.3) is 6.08 Å². The van der Waals surface area contributed by atoms with E-state index in [0.29, 0.717) is 18.7 Å². The van der Waals surface area contributed by atoms with Gasteiger partial charge in [0.25, 0.3) is 5.79 Å². The van der Waals surface area contributed by atoms with Gasteiger partial charge in [-0.3, -0.25) is 4.79 Å². The molecular weight excluding hydrogens is 594 g/mol. The Bertz CT molecular complexity index is 1410. The Labute approximate surface area is 270 Å². The molecular formula is C35H47NO10. The number of allylic oxidation sites excluding steroid dienone is 4. The van der Waals surface area contributed by atoms with Crippen molar-refractivity contribution >= 4 is 18.0 Å². The van der Waals surface area contributed by atoms with E-state index >= 15 is 0 Å². The molecule has 11 atom stereocenters. The molecule has 4 aliphatic rings. The number of hydrogen-bond donors (Lipinski definition) is 2. The highest BCUT2D eigenvalue weighted by Crippen LogP contribution is 2.46. The molecule has 0 aliphatic carbocycles. The monoisotopic (exact) mass is 641 g/mol. The second-order valence-electron chi connectivity index (χ2n) is 13.5. The van der Waals surface area contributed by atoms with Crippen LogP contribution >= 0.6 is 0 Å². The van der Waals surface area contributed by atoms with Crippen LogP contribution in [0.3, 0.4) is 0 Å². The molecule has 2 N–H and O–H groups in total. The van der Waals surface area contributed by atoms with E-state index in [9.17, 15) is 19.8 Å². The molecule has 0 saturated carbocycles. The number of carbonyl (C=O) groups excluding carboxylic acids is 2. The third-order valence-corrected chi connectivity index (χ3v) is 9.78. The Hall–Kier alpha value is -3.09. The number of cyclic esters (lactones) is 1. The largest absolute Gasteiger partial charge is 0.462 e. The first-order valence-corrected chi connectivity index (χ1v) is 16.1. The first kappa shape index (κ1) is 34.3. The number of ether oxygens (including phenoxy) is 5. The van der Waals surface area contributed by atoms with E-state index in [-0.39, 0.29) is 42.9 Å². The van der Waals surface area contributed by atoms with Crippen molar-refractivity contribution in [3.05, 3.63) is 59.4 Å². The Kier molecular flexibility index (Phi) is 10.1. The zero-order valence-electron chi connectivity index (χ0n) is 27.7. The van der Waals surface area contributed by atoms with Gasteiger partial charge in [0.15, 0.2) is 5.89 Å². The minimum absolute atomic E-state index is 0.0504. The second-order valence-corrected chi connectivity index (χ2v) is 13.5. The Balaban J connectivity index is 1.35. The van der Waals surface area contributed by atoms with Crippen molar-refractivity contribution < 1.29 is 47.9 Å². The van der Waals surface area contributed by atoms with E-state index in [0.717, 1.165) is 16.8 Å². The highest BCUT2D eigenvalue weighted by Gasteiger charge is 2.65. The van der Waals surface area contributed by atoms with Crippen molar-refractivity contribution in [1.82, 2.24) is 4.98 Å². The topological polar surface area (TPSA) is 153 Å². The lowest BCUT2D eigenvalue weighted by Gasteiger charge is -2.33. The summed E-state index contributed by atoms with van der Waals surface area (Å²) >= 11 is 0. The first-order chi connectivity index (χ1) is 21.7. The zero-order chi connectivity index (χ0) is 33.4. The standard InChI is InChI=1S/C35H47NO10/c1-19(13-25-18-42-23(5)36-25)9-8-10-21(3)32(41-7)22(4)27-17-28(37)34(6)29(45-34)12-11-20(2)26-14-24(16-31(38)43-26)15-30-35(40,46-30)33(39)44-27/h8-13,18,20,22,24,26-30,32,37,40H,14-17H2,1-7H3/t20-,22+,24+,26-,27+,28+,29-,30-,32+,34+,35-/m1/s1. The van der Waals surface area contributed by atoms with Gasteiger partial charge in [0.2, 0.25) is 0 Å². The molecule has 11 heteroatoms. The molecule has 1 aromatic heterocycles. The molecule has 4 aliphatic heterocycles. The summed E-state index contributed by atoms with van der Waals surface area (Å²) in [5.41, 5.74) is 1.67. The van der Waals surface area contributed by atoms with Crippen molar-refractivity contribution in [3.63, 3.8) is 0 Å². The number of fused-ring (bicyclic) bond motifs is 4. The maximum Gasteiger partial charge on any atom is 0.369 e. The van der Waals surface area contributed by atoms with E-state index in [2.05, 4.69) is 4.98 Å². The molecule has 252 valence electrons. The summed E-state index contributed by atoms with van der Waals surface area (Å²) in [6.45, 7) is 11.3. The molecule has 1 aromatic rings. The lowest BCUT2D eigenvalue weighted by atomic mass is 9.84. The molecule has 0 radical (unpaired) electrons. The minimum atomic E-state index is -2.12. The number of methoxy groups -OCH3 is 1. The van der Waals surface area contributed by atoms with Crippen molar-refractivity contribution in [3.8, 4) is 0 Å². The average Bonchev–Trinajstić information content (AvgIpc) is 3.81. The van der Waals surface area contributed by atoms with Crippen LogP contribution in [-0.4, -0.2) is 82.3 Å². The number of epoxide rings is 2. The number of aliphatic hydroxyl groups is 2. The fourth-order valence-corrected chi connectivity index (χ4v) is 6.66. The summed E-state index contributed by atoms with van der Waals surface area (Å²) in [5.74, 6) is -3.38. The van der Waals surface area contributed by atoms with Gasteiger partial charge in [-0.25, -0.2) is 9.78 Å². The number of hydrogen-bond acceptors (Lipinski definition) is 11. The second kappa shape index (κ2) is 13.6. The number of rotatable bonds is 7. The SMILES string of the molecule is CO[C@@H](C(C)=CC=CC(C)=Cc1coc(C)n1)[C@@H](C)[C@@H]1C[C@H](O)[C@]2(C)O[C@@H]2C=C[C@@H](C)[C@H]2C[C@H](CC(=O)O2)C[C@H]2O[C@@]2(O)C(=O)O1. The predicted molar refractivity (Wildman–Crippen MR) is 167 cm³/mol. The van der Waals surface area contributed by atoms with Crippen LogP contribution in [0.15, 0.2) is 52.2 Å². The maximum absolute atomic E-state index is 13.4. The van der Waals surface area contributed by atoms with Gasteiger partial charge in [-0.15, -0.1) is 0 Å². The van der Waals surface area contributed by atoms with Gasteiger partial charge in [-0.05, 0) is 56.8 Å². The summed E-state index contributed by atoms with van der Waals surface area (Å²) in [6, 6.07) is 0. The molecule has 3 fully saturated rings. The smallest absolute Gasteiger partial charge is 0.369 e. The minimum Gasteiger partial charge on any atom is -0.462 e. The van der Waals surface area contributed by atoms with Crippen molar-refractivity contribution in [2.45, 2.75) is 115 Å². The van der Waals surface area contributed by atoms with E-state index in [1.807, 2.05) is 71.1 Å². The first-order valence-electron chi connectivity index (χ1n) is 16.1. The highest BCUT2D eigenvalue weighted by atomic mass is 16.8. The number of aliphatic hydroxyl groups excluding tert-OH is 1. The fraction of sp³-hybridized carbons (Fsp3) is 0.629. The number of nitrogens with zero attached hydrogens (tertiary/aromatic N) is 1. The Morgan fingerprint density at radius 1 is 1.15 bits per heavy atom. The van der Waals surface area contributed by atoms with E-state index in [4.69, 9.17) is 28.1 Å². The van der Waals surface area contributed by atoms with Crippen LogP contribution in [0.4, 0.5) is 0 Å². The quantitative estimate of drug-likeness (QED) is 0.189. The van der Waals surface area contributed by atoms with Crippen molar-refractivity contribution in [2.75, 3.05) is 7.11 Å². The van der Waals surface area contributed by atoms with Crippen LogP contribution in [0.2, 0.25) is 0 Å². The van der Waals surface area contributed by atoms with Crippen LogP contribution in [0, 0.1) is 24.7 Å². The van der Waals surface area contributed by atoms with Crippen LogP contribution in [0.1, 0.15) is 71.9 Å². The normalized spacial score (nSPS) is 38.4. The molecule has 0 aromatic carbocycles. The van der Waals surface area contributed by atoms with Gasteiger partial charge < -0.3 is 38.3 Å². The molecule has 11 nitrogen and oxygen atoms in total. The van der Waals surface area contributed by atoms with Gasteiger partial charge in [0.1, 0.15) is 42.0 Å². The Morgan fingerprint density at radius 2 is 1.91 bits per heavy atom. The molecule has 46 heavy (non-hydrogen) atoms. The third kappa shape index (κ3) is 7.55. The zero-order valence-corrected chi connectivity index (χ0v) is 27.7. The van der Waals surface area contributed by atoms with E-state index < -0.39 is 47.7 Å². The molecule has 0 spiro atoms. The molecule has 5 heterocycles. The van der Waals surface area contributed by atoms with Crippen LogP contribution in [0.5, 0.6) is 0 Å². The summed E-state index contributed by atoms with van der Waals surface area (Å²) in [5, 5.41) is 22.5. The number of carbonyl (C=O) groups is 2. The summed E-state index contributed by atoms with van der Waals surface area (Å²) in [7, 11) is 1.58. The summed E-state index contributed by atoms with van der Waals surface area (Å²) in [4.78, 5) is 30.1. The summed E-state index contributed by atoms with van der Waals surface area (Å²) in [6.07, 6.45) is 10.5. The number of oxazole rings is 1. The van der Waals surface area contributed by atoms with Crippen molar-refractivity contribution in [1.29, 1.82) is 0 Å². The van der Waals surface area contributed by atoms with E-state index in [1.165, 1.54) is 0 Å². The molecule has 5 rings (SSSR count). The number of aromatic nitrogens is 1. The van der Waals surface area contributed by atoms with E-state index in [1.54, 1.807) is 20.3 Å². The lowest BCUT2D eigenvalue weighted by Crippen LogP contribution is -2.43. The lowest BCUT2D eigenvalue weighted by molar-refractivity contribution is -0.177. The molecule has 0 unspecified atom stereocenters. The third-order valence-electron chi connectivity index (χ3n) is 9.78. The number of aryl methyl sites for hydroxylation is 1. The molecule has 3 saturated heterocycles. The molecule has 2 bridgehead atoms. The number of esters is 2. The fourth-order valence-electron chi connectivity index (χ4n) is 6.66. The van der Waals surface area contributed by atoms with Crippen molar-refractivity contribution in [2.24, 2.45) is 17.8 Å². The van der Waals surface area contributed by atoms with Gasteiger partial charge in [-0.1, -0.05) is 44.2 Å². The summed E-state index contributed by atoms with van der Waals surface area (Å²) < 4.78 is 34.2. The van der Waals surface area contributed by atoms with Gasteiger partial charge in [0.05, 0.1) is 12.2 Å². The van der Waals surface area contributed by atoms with Gasteiger partial charge in [0, 0.05) is 38.7 Å². The average molecular weight is 642 g/mol. The maximum atomic E-state index is 13.4. The van der Waals surface area contributed by atoms with Crippen LogP contribution in [-0.2, 0) is 33.3 Å². The van der Waals surface area contributed by atoms with Gasteiger partial charge >= 0.3 is 11.9 Å². The predicted octanol–water partition coefficient (Wildman–Crippen LogP) is 4.37.